The Balaban J connectivity index is 1.32. The van der Waals surface area contributed by atoms with Crippen molar-refractivity contribution in [1.82, 2.24) is 25.0 Å². The Morgan fingerprint density at radius 2 is 1.79 bits per heavy atom. The molecule has 3 heterocycles. The average Bonchev–Trinajstić information content (AvgIpc) is 3.15. The lowest BCUT2D eigenvalue weighted by Gasteiger charge is -2.33. The Morgan fingerprint density at radius 1 is 1.09 bits per heavy atom. The van der Waals surface area contributed by atoms with Crippen molar-refractivity contribution in [3.05, 3.63) is 16.8 Å². The summed E-state index contributed by atoms with van der Waals surface area (Å²) in [6.07, 6.45) is 8.40. The third kappa shape index (κ3) is 4.99. The first kappa shape index (κ1) is 23.5. The maximum Gasteiger partial charge on any atom is 0.242 e. The van der Waals surface area contributed by atoms with Gasteiger partial charge in [-0.05, 0) is 57.1 Å². The molecule has 1 saturated heterocycles. The highest BCUT2D eigenvalue weighted by Gasteiger charge is 2.27. The van der Waals surface area contributed by atoms with Gasteiger partial charge in [-0.15, -0.1) is 5.10 Å². The molecule has 0 unspecified atom stereocenters. The van der Waals surface area contributed by atoms with Gasteiger partial charge < -0.3 is 15.0 Å². The molecule has 2 aromatic heterocycles. The maximum atomic E-state index is 12.9. The second-order valence-corrected chi connectivity index (χ2v) is 9.63. The van der Waals surface area contributed by atoms with Gasteiger partial charge in [0.05, 0.1) is 12.5 Å². The van der Waals surface area contributed by atoms with Gasteiger partial charge >= 0.3 is 0 Å². The van der Waals surface area contributed by atoms with Crippen molar-refractivity contribution in [3.8, 4) is 5.88 Å². The first-order valence-corrected chi connectivity index (χ1v) is 12.3. The number of likely N-dealkylation sites (tertiary alicyclic amines) is 1. The van der Waals surface area contributed by atoms with Crippen LogP contribution in [0.3, 0.4) is 0 Å². The number of carbonyl (C=O) groups is 2. The molecular formula is C25H37N5O3. The average molecular weight is 456 g/mol. The van der Waals surface area contributed by atoms with Crippen LogP contribution in [-0.4, -0.2) is 57.7 Å². The number of nitrogens with zero attached hydrogens (tertiary/aromatic N) is 4. The molecule has 1 N–H and O–H groups in total. The van der Waals surface area contributed by atoms with Gasteiger partial charge in [0, 0.05) is 44.2 Å². The molecule has 8 nitrogen and oxygen atoms in total. The third-order valence-electron chi connectivity index (χ3n) is 7.48. The summed E-state index contributed by atoms with van der Waals surface area (Å²) in [5, 5.41) is 8.57. The summed E-state index contributed by atoms with van der Waals surface area (Å²) in [7, 11) is 3.48. The molecule has 0 radical (unpaired) electrons. The molecule has 2 fully saturated rings. The molecule has 0 spiro atoms. The number of amides is 2. The number of pyridine rings is 1. The van der Waals surface area contributed by atoms with E-state index < -0.39 is 0 Å². The Kier molecular flexibility index (Phi) is 7.20. The van der Waals surface area contributed by atoms with Crippen LogP contribution >= 0.6 is 0 Å². The van der Waals surface area contributed by atoms with Gasteiger partial charge in [0.2, 0.25) is 17.7 Å². The van der Waals surface area contributed by atoms with E-state index in [1.807, 2.05) is 18.9 Å². The van der Waals surface area contributed by atoms with Gasteiger partial charge in [-0.2, -0.15) is 0 Å². The van der Waals surface area contributed by atoms with Crippen LogP contribution in [-0.2, 0) is 23.1 Å². The van der Waals surface area contributed by atoms with E-state index in [9.17, 15) is 9.59 Å². The summed E-state index contributed by atoms with van der Waals surface area (Å²) < 4.78 is 7.18. The van der Waals surface area contributed by atoms with Gasteiger partial charge in [-0.1, -0.05) is 19.3 Å². The number of hydrogen-bond donors (Lipinski definition) is 1. The summed E-state index contributed by atoms with van der Waals surface area (Å²) in [4.78, 5) is 32.1. The number of nitrogens with one attached hydrogen (secondary N) is 1. The number of rotatable bonds is 6. The van der Waals surface area contributed by atoms with E-state index in [2.05, 4.69) is 17.3 Å². The van der Waals surface area contributed by atoms with Gasteiger partial charge in [0.1, 0.15) is 0 Å². The lowest BCUT2D eigenvalue weighted by atomic mass is 9.88. The minimum atomic E-state index is 0.170. The molecule has 1 aliphatic carbocycles. The number of aryl methyl sites for hydroxylation is 3. The molecule has 0 bridgehead atoms. The normalized spacial score (nSPS) is 18.0. The van der Waals surface area contributed by atoms with Gasteiger partial charge in [-0.25, -0.2) is 9.67 Å². The topological polar surface area (TPSA) is 89.3 Å². The van der Waals surface area contributed by atoms with E-state index in [0.717, 1.165) is 53.5 Å². The number of piperidine rings is 1. The maximum absolute atomic E-state index is 12.9. The Bertz CT molecular complexity index is 1020. The number of carbonyl (C=O) groups excluding carboxylic acids is 2. The number of aromatic nitrogens is 3. The Labute approximate surface area is 196 Å². The van der Waals surface area contributed by atoms with Crippen molar-refractivity contribution in [3.63, 3.8) is 0 Å². The van der Waals surface area contributed by atoms with E-state index in [1.54, 1.807) is 11.8 Å². The fourth-order valence-corrected chi connectivity index (χ4v) is 5.45. The van der Waals surface area contributed by atoms with Crippen LogP contribution in [0.5, 0.6) is 5.88 Å². The zero-order valence-electron chi connectivity index (χ0n) is 20.4. The van der Waals surface area contributed by atoms with Crippen molar-refractivity contribution < 1.29 is 14.3 Å². The summed E-state index contributed by atoms with van der Waals surface area (Å²) in [5.41, 5.74) is 3.91. The number of methoxy groups -OCH3 is 1. The first-order valence-electron chi connectivity index (χ1n) is 12.3. The molecule has 2 aliphatic rings. The molecule has 2 amide bonds. The molecule has 1 aliphatic heterocycles. The molecule has 0 atom stereocenters. The quantitative estimate of drug-likeness (QED) is 0.722. The number of ether oxygens (including phenoxy) is 1. The minimum Gasteiger partial charge on any atom is -0.479 e. The monoisotopic (exact) mass is 455 g/mol. The van der Waals surface area contributed by atoms with E-state index in [0.29, 0.717) is 31.8 Å². The summed E-state index contributed by atoms with van der Waals surface area (Å²) in [5.74, 6) is 1.15. The molecule has 2 aromatic rings. The van der Waals surface area contributed by atoms with Gasteiger partial charge in [0.25, 0.3) is 0 Å². The summed E-state index contributed by atoms with van der Waals surface area (Å²) >= 11 is 0. The predicted octanol–water partition coefficient (Wildman–Crippen LogP) is 3.21. The smallest absolute Gasteiger partial charge is 0.242 e. The molecule has 4 rings (SSSR count). The van der Waals surface area contributed by atoms with Crippen molar-refractivity contribution in [2.75, 3.05) is 20.2 Å². The van der Waals surface area contributed by atoms with Crippen LogP contribution in [0.1, 0.15) is 68.2 Å². The number of fused-ring (bicyclic) bond motifs is 1. The second kappa shape index (κ2) is 10.1. The van der Waals surface area contributed by atoms with Crippen LogP contribution < -0.4 is 10.1 Å². The summed E-state index contributed by atoms with van der Waals surface area (Å²) in [6.45, 7) is 5.47. The lowest BCUT2D eigenvalue weighted by Crippen LogP contribution is -2.48. The fraction of sp³-hybridized carbons (Fsp3) is 0.680. The van der Waals surface area contributed by atoms with Crippen molar-refractivity contribution in [2.24, 2.45) is 13.0 Å². The van der Waals surface area contributed by atoms with E-state index in [1.165, 1.54) is 19.3 Å². The van der Waals surface area contributed by atoms with Crippen LogP contribution in [0.15, 0.2) is 0 Å². The van der Waals surface area contributed by atoms with Gasteiger partial charge in [0.15, 0.2) is 5.65 Å². The molecule has 0 aromatic carbocycles. The first-order chi connectivity index (χ1) is 15.9. The predicted molar refractivity (Wildman–Crippen MR) is 127 cm³/mol. The largest absolute Gasteiger partial charge is 0.479 e. The highest BCUT2D eigenvalue weighted by Crippen LogP contribution is 2.30. The van der Waals surface area contributed by atoms with Crippen molar-refractivity contribution in [1.29, 1.82) is 0 Å². The zero-order chi connectivity index (χ0) is 23.5. The van der Waals surface area contributed by atoms with E-state index in [4.69, 9.17) is 9.72 Å². The molecular weight excluding hydrogens is 418 g/mol. The highest BCUT2D eigenvalue weighted by molar-refractivity contribution is 5.86. The van der Waals surface area contributed by atoms with Crippen LogP contribution in [0.4, 0.5) is 0 Å². The van der Waals surface area contributed by atoms with Crippen LogP contribution in [0, 0.1) is 19.8 Å². The lowest BCUT2D eigenvalue weighted by molar-refractivity contribution is -0.132. The van der Waals surface area contributed by atoms with Crippen LogP contribution in [0.25, 0.3) is 11.0 Å². The van der Waals surface area contributed by atoms with Crippen molar-refractivity contribution >= 4 is 22.8 Å². The highest BCUT2D eigenvalue weighted by atomic mass is 16.5. The molecule has 8 heteroatoms. The fourth-order valence-electron chi connectivity index (χ4n) is 5.45. The van der Waals surface area contributed by atoms with Crippen molar-refractivity contribution in [2.45, 2.75) is 77.7 Å². The molecule has 180 valence electrons. The third-order valence-corrected chi connectivity index (χ3v) is 7.48. The zero-order valence-corrected chi connectivity index (χ0v) is 20.4. The molecule has 33 heavy (non-hydrogen) atoms. The standard InChI is InChI=1S/C25H37N5O3/c1-16-20(17(2)26-23-22(16)25(33-4)28-29(23)3)10-11-21(31)30-14-12-19(13-15-30)27-24(32)18-8-6-5-7-9-18/h18-19H,5-15H2,1-4H3,(H,27,32). The van der Waals surface area contributed by atoms with Gasteiger partial charge in [-0.3, -0.25) is 9.59 Å². The van der Waals surface area contributed by atoms with Crippen LogP contribution in [0.2, 0.25) is 0 Å². The van der Waals surface area contributed by atoms with E-state index in [-0.39, 0.29) is 23.8 Å². The molecule has 1 saturated carbocycles. The Hall–Kier alpha value is -2.64. The summed E-state index contributed by atoms with van der Waals surface area (Å²) in [6, 6.07) is 0.192. The minimum absolute atomic E-state index is 0.170. The second-order valence-electron chi connectivity index (χ2n) is 9.63. The number of hydrogen-bond acceptors (Lipinski definition) is 5. The SMILES string of the molecule is COc1nn(C)c2nc(C)c(CCC(=O)N3CCC(NC(=O)C4CCCCC4)CC3)c(C)c12. The van der Waals surface area contributed by atoms with E-state index >= 15 is 0 Å². The Morgan fingerprint density at radius 3 is 2.45 bits per heavy atom.